The number of nitrogens with one attached hydrogen (secondary N) is 2. The van der Waals surface area contributed by atoms with Gasteiger partial charge in [0.15, 0.2) is 0 Å². The lowest BCUT2D eigenvalue weighted by Gasteiger charge is -2.40. The van der Waals surface area contributed by atoms with Gasteiger partial charge in [-0.3, -0.25) is 19.3 Å². The molecule has 0 saturated carbocycles. The van der Waals surface area contributed by atoms with Crippen molar-refractivity contribution in [1.82, 2.24) is 15.5 Å². The van der Waals surface area contributed by atoms with Crippen LogP contribution in [0.2, 0.25) is 0 Å². The first-order chi connectivity index (χ1) is 17.9. The number of likely N-dealkylation sites (tertiary alicyclic amines) is 1. The first-order valence-corrected chi connectivity index (χ1v) is 12.3. The number of anilines is 1. The molecule has 0 spiro atoms. The van der Waals surface area contributed by atoms with Gasteiger partial charge in [-0.05, 0) is 43.2 Å². The number of nitrogens with zero attached hydrogens (tertiary/aromatic N) is 2. The molecule has 2 aliphatic rings. The van der Waals surface area contributed by atoms with Crippen molar-refractivity contribution in [2.75, 3.05) is 24.5 Å². The van der Waals surface area contributed by atoms with E-state index >= 15 is 0 Å². The van der Waals surface area contributed by atoms with Crippen LogP contribution >= 0.6 is 0 Å². The molecule has 37 heavy (non-hydrogen) atoms. The molecule has 0 bridgehead atoms. The van der Waals surface area contributed by atoms with Crippen LogP contribution in [-0.2, 0) is 27.5 Å². The van der Waals surface area contributed by atoms with Crippen LogP contribution in [0.15, 0.2) is 52.9 Å². The van der Waals surface area contributed by atoms with E-state index in [9.17, 15) is 19.2 Å². The predicted octanol–water partition coefficient (Wildman–Crippen LogP) is 2.95. The second-order valence-corrected chi connectivity index (χ2v) is 9.23. The average molecular weight is 505 g/mol. The quantitative estimate of drug-likeness (QED) is 0.533. The van der Waals surface area contributed by atoms with Crippen LogP contribution in [0.1, 0.15) is 41.4 Å². The van der Waals surface area contributed by atoms with Gasteiger partial charge >= 0.3 is 6.09 Å². The molecule has 1 fully saturated rings. The molecule has 0 unspecified atom stereocenters. The second kappa shape index (κ2) is 10.3. The minimum Gasteiger partial charge on any atom is -0.459 e. The maximum absolute atomic E-state index is 13.2. The molecule has 0 aliphatic carbocycles. The summed E-state index contributed by atoms with van der Waals surface area (Å²) in [6.07, 6.45) is 0.979. The highest BCUT2D eigenvalue weighted by atomic mass is 16.6. The molecule has 4 amide bonds. The maximum Gasteiger partial charge on any atom is 0.414 e. The van der Waals surface area contributed by atoms with Crippen LogP contribution in [0, 0.1) is 0 Å². The molecule has 0 atom stereocenters. The van der Waals surface area contributed by atoms with Crippen LogP contribution in [0.3, 0.4) is 0 Å². The van der Waals surface area contributed by atoms with Gasteiger partial charge < -0.3 is 24.7 Å². The van der Waals surface area contributed by atoms with E-state index < -0.39 is 0 Å². The highest BCUT2D eigenvalue weighted by Gasteiger charge is 2.35. The molecule has 0 radical (unpaired) electrons. The Bertz CT molecular complexity index is 1360. The first kappa shape index (κ1) is 24.4. The van der Waals surface area contributed by atoms with Gasteiger partial charge in [-0.25, -0.2) is 4.79 Å². The molecule has 1 aromatic heterocycles. The van der Waals surface area contributed by atoms with E-state index in [1.165, 1.54) is 6.92 Å². The Hall–Kier alpha value is -4.34. The molecule has 5 rings (SSSR count). The second-order valence-electron chi connectivity index (χ2n) is 9.23. The molecular formula is C27H28N4O6. The number of fused-ring (bicyclic) bond motifs is 2. The van der Waals surface area contributed by atoms with Crippen molar-refractivity contribution in [1.29, 1.82) is 0 Å². The number of furan rings is 1. The summed E-state index contributed by atoms with van der Waals surface area (Å²) in [5.41, 5.74) is 3.04. The fourth-order valence-electron chi connectivity index (χ4n) is 4.80. The maximum atomic E-state index is 13.2. The molecule has 10 heteroatoms. The van der Waals surface area contributed by atoms with E-state index in [-0.39, 0.29) is 49.6 Å². The van der Waals surface area contributed by atoms with E-state index in [1.807, 2.05) is 29.2 Å². The number of carbonyl (C=O) groups is 4. The number of ether oxygens (including phenoxy) is 1. The number of rotatable bonds is 6. The van der Waals surface area contributed by atoms with Gasteiger partial charge in [0.05, 0.1) is 18.8 Å². The lowest BCUT2D eigenvalue weighted by molar-refractivity contribution is -0.125. The standard InChI is InChI=1S/C27H28N4O6/c1-17(32)28-15-25(33)29-14-22-13-20-12-18(6-7-24(20)37-22)26(34)30-10-8-21(9-11-30)31-23-5-3-2-4-19(23)16-36-27(31)35/h2-7,12-13,21H,8-11,14-16H2,1H3,(H,28,32)(H,29,33). The van der Waals surface area contributed by atoms with Gasteiger partial charge in [-0.1, -0.05) is 18.2 Å². The van der Waals surface area contributed by atoms with Gasteiger partial charge in [-0.2, -0.15) is 0 Å². The topological polar surface area (TPSA) is 121 Å². The van der Waals surface area contributed by atoms with Crippen molar-refractivity contribution in [2.24, 2.45) is 0 Å². The smallest absolute Gasteiger partial charge is 0.414 e. The van der Waals surface area contributed by atoms with Gasteiger partial charge in [0.25, 0.3) is 5.91 Å². The third-order valence-corrected chi connectivity index (χ3v) is 6.69. The van der Waals surface area contributed by atoms with E-state index in [1.54, 1.807) is 29.2 Å². The average Bonchev–Trinajstić information content (AvgIpc) is 3.32. The molecule has 2 aromatic carbocycles. The van der Waals surface area contributed by atoms with E-state index in [4.69, 9.17) is 9.15 Å². The summed E-state index contributed by atoms with van der Waals surface area (Å²) in [4.78, 5) is 52.0. The minimum atomic E-state index is -0.337. The van der Waals surface area contributed by atoms with Crippen LogP contribution in [0.25, 0.3) is 11.0 Å². The number of piperidine rings is 1. The van der Waals surface area contributed by atoms with Crippen molar-refractivity contribution in [3.05, 3.63) is 65.4 Å². The summed E-state index contributed by atoms with van der Waals surface area (Å²) in [5, 5.41) is 5.89. The fourth-order valence-corrected chi connectivity index (χ4v) is 4.80. The lowest BCUT2D eigenvalue weighted by atomic mass is 10.00. The Balaban J connectivity index is 1.20. The largest absolute Gasteiger partial charge is 0.459 e. The zero-order chi connectivity index (χ0) is 25.9. The van der Waals surface area contributed by atoms with Crippen molar-refractivity contribution in [2.45, 2.75) is 39.0 Å². The SMILES string of the molecule is CC(=O)NCC(=O)NCc1cc2cc(C(=O)N3CCC(N4C(=O)OCc5ccccc54)CC3)ccc2o1. The number of para-hydroxylation sites is 1. The van der Waals surface area contributed by atoms with Crippen LogP contribution in [-0.4, -0.2) is 54.4 Å². The Labute approximate surface area is 213 Å². The van der Waals surface area contributed by atoms with Gasteiger partial charge in [0.2, 0.25) is 11.8 Å². The van der Waals surface area contributed by atoms with Crippen molar-refractivity contribution in [3.8, 4) is 0 Å². The Morgan fingerprint density at radius 3 is 2.59 bits per heavy atom. The summed E-state index contributed by atoms with van der Waals surface area (Å²) in [7, 11) is 0. The van der Waals surface area contributed by atoms with Gasteiger partial charge in [0, 0.05) is 42.6 Å². The molecule has 192 valence electrons. The number of carbonyl (C=O) groups excluding carboxylic acids is 4. The predicted molar refractivity (Wildman–Crippen MR) is 135 cm³/mol. The van der Waals surface area contributed by atoms with Crippen LogP contribution in [0.5, 0.6) is 0 Å². The number of cyclic esters (lactones) is 1. The number of amides is 4. The third-order valence-electron chi connectivity index (χ3n) is 6.69. The van der Waals surface area contributed by atoms with Gasteiger partial charge in [0.1, 0.15) is 18.0 Å². The van der Waals surface area contributed by atoms with Crippen molar-refractivity contribution < 1.29 is 28.3 Å². The van der Waals surface area contributed by atoms with Crippen molar-refractivity contribution in [3.63, 3.8) is 0 Å². The normalized spacial score (nSPS) is 15.8. The Morgan fingerprint density at radius 2 is 1.81 bits per heavy atom. The van der Waals surface area contributed by atoms with Crippen LogP contribution < -0.4 is 15.5 Å². The summed E-state index contributed by atoms with van der Waals surface area (Å²) in [6, 6.07) is 14.8. The summed E-state index contributed by atoms with van der Waals surface area (Å²) in [5.74, 6) is -0.130. The number of hydrogen-bond acceptors (Lipinski definition) is 6. The number of benzene rings is 2. The summed E-state index contributed by atoms with van der Waals surface area (Å²) in [6.45, 7) is 2.76. The minimum absolute atomic E-state index is 0.0298. The summed E-state index contributed by atoms with van der Waals surface area (Å²) < 4.78 is 11.1. The van der Waals surface area contributed by atoms with E-state index in [0.717, 1.165) is 16.6 Å². The highest BCUT2D eigenvalue weighted by Crippen LogP contribution is 2.32. The molecule has 2 aliphatic heterocycles. The first-order valence-electron chi connectivity index (χ1n) is 12.3. The number of hydrogen-bond donors (Lipinski definition) is 2. The monoisotopic (exact) mass is 504 g/mol. The molecule has 2 N–H and O–H groups in total. The molecule has 1 saturated heterocycles. The van der Waals surface area contributed by atoms with Crippen LogP contribution in [0.4, 0.5) is 10.5 Å². The summed E-state index contributed by atoms with van der Waals surface area (Å²) >= 11 is 0. The van der Waals surface area contributed by atoms with Gasteiger partial charge in [-0.15, -0.1) is 0 Å². The molecular weight excluding hydrogens is 476 g/mol. The molecule has 10 nitrogen and oxygen atoms in total. The third kappa shape index (κ3) is 5.28. The molecule has 3 heterocycles. The Kier molecular flexibility index (Phi) is 6.80. The van der Waals surface area contributed by atoms with E-state index in [0.29, 0.717) is 42.8 Å². The fraction of sp³-hybridized carbons (Fsp3) is 0.333. The lowest BCUT2D eigenvalue weighted by Crippen LogP contribution is -2.50. The zero-order valence-corrected chi connectivity index (χ0v) is 20.5. The molecule has 3 aromatic rings. The zero-order valence-electron chi connectivity index (χ0n) is 20.5. The Morgan fingerprint density at radius 1 is 1.03 bits per heavy atom. The highest BCUT2D eigenvalue weighted by molar-refractivity contribution is 5.98. The van der Waals surface area contributed by atoms with E-state index in [2.05, 4.69) is 10.6 Å². The van der Waals surface area contributed by atoms with Crippen molar-refractivity contribution >= 4 is 40.5 Å².